The Morgan fingerprint density at radius 2 is 1.02 bits per heavy atom. The van der Waals surface area contributed by atoms with E-state index in [0.29, 0.717) is 0 Å². The van der Waals surface area contributed by atoms with Crippen molar-refractivity contribution in [2.24, 2.45) is 0 Å². The number of para-hydroxylation sites is 3. The van der Waals surface area contributed by atoms with Gasteiger partial charge >= 0.3 is 0 Å². The van der Waals surface area contributed by atoms with Crippen LogP contribution in [0.5, 0.6) is 0 Å². The lowest BCUT2D eigenvalue weighted by Crippen LogP contribution is -1.97. The second-order valence-electron chi connectivity index (χ2n) is 12.0. The van der Waals surface area contributed by atoms with Crippen molar-refractivity contribution in [3.05, 3.63) is 171 Å². The molecular formula is C45H30N2O2. The lowest BCUT2D eigenvalue weighted by atomic mass is 9.98. The Labute approximate surface area is 282 Å². The molecule has 49 heavy (non-hydrogen) atoms. The van der Waals surface area contributed by atoms with Crippen molar-refractivity contribution in [3.8, 4) is 39.3 Å². The molecule has 232 valence electrons. The quantitative estimate of drug-likeness (QED) is 0.182. The second-order valence-corrected chi connectivity index (χ2v) is 12.0. The van der Waals surface area contributed by atoms with Crippen LogP contribution in [-0.4, -0.2) is 9.55 Å². The van der Waals surface area contributed by atoms with Crippen molar-refractivity contribution in [2.75, 3.05) is 0 Å². The summed E-state index contributed by atoms with van der Waals surface area (Å²) >= 11 is 0. The summed E-state index contributed by atoms with van der Waals surface area (Å²) in [6.07, 6.45) is 0. The van der Waals surface area contributed by atoms with E-state index in [-0.39, 0.29) is 0 Å². The lowest BCUT2D eigenvalue weighted by molar-refractivity contribution is 0.633. The minimum absolute atomic E-state index is 0.794. The van der Waals surface area contributed by atoms with Gasteiger partial charge in [-0.25, -0.2) is 4.98 Å². The van der Waals surface area contributed by atoms with Crippen molar-refractivity contribution in [1.82, 2.24) is 9.55 Å². The van der Waals surface area contributed by atoms with Crippen LogP contribution < -0.4 is 0 Å². The van der Waals surface area contributed by atoms with Gasteiger partial charge < -0.3 is 8.83 Å². The van der Waals surface area contributed by atoms with Crippen LogP contribution in [0.1, 0.15) is 0 Å². The van der Waals surface area contributed by atoms with E-state index in [9.17, 15) is 0 Å². The highest BCUT2D eigenvalue weighted by Crippen LogP contribution is 2.40. The number of benzene rings is 7. The maximum Gasteiger partial charge on any atom is 0.178 e. The van der Waals surface area contributed by atoms with Gasteiger partial charge in [0, 0.05) is 32.8 Å². The summed E-state index contributed by atoms with van der Waals surface area (Å²) in [5, 5.41) is 4.32. The third kappa shape index (κ3) is 4.65. The summed E-state index contributed by atoms with van der Waals surface area (Å²) < 4.78 is 14.9. The molecule has 0 amide bonds. The first kappa shape index (κ1) is 28.6. The van der Waals surface area contributed by atoms with Gasteiger partial charge in [0.2, 0.25) is 0 Å². The Kier molecular flexibility index (Phi) is 6.73. The number of imidazole rings is 1. The molecule has 0 aliphatic carbocycles. The van der Waals surface area contributed by atoms with Gasteiger partial charge in [0.15, 0.2) is 11.2 Å². The average molecular weight is 631 g/mol. The van der Waals surface area contributed by atoms with Gasteiger partial charge in [-0.05, 0) is 76.9 Å². The summed E-state index contributed by atoms with van der Waals surface area (Å²) in [4.78, 5) is 5.02. The topological polar surface area (TPSA) is 44.1 Å². The fraction of sp³-hybridized carbons (Fsp3) is 0. The molecule has 0 aliphatic rings. The van der Waals surface area contributed by atoms with E-state index in [1.165, 1.54) is 0 Å². The van der Waals surface area contributed by atoms with Gasteiger partial charge in [-0.2, -0.15) is 0 Å². The van der Waals surface area contributed by atoms with E-state index in [1.54, 1.807) is 0 Å². The predicted molar refractivity (Wildman–Crippen MR) is 203 cm³/mol. The van der Waals surface area contributed by atoms with Gasteiger partial charge in [0.1, 0.15) is 17.0 Å². The minimum atomic E-state index is 0.794. The molecule has 0 aliphatic heterocycles. The smallest absolute Gasteiger partial charge is 0.178 e. The highest BCUT2D eigenvalue weighted by atomic mass is 16.4. The molecule has 0 spiro atoms. The molecule has 0 fully saturated rings. The second kappa shape index (κ2) is 11.5. The molecule has 4 nitrogen and oxygen atoms in total. The van der Waals surface area contributed by atoms with Crippen molar-refractivity contribution in [1.29, 1.82) is 0 Å². The molecule has 10 rings (SSSR count). The van der Waals surface area contributed by atoms with Crippen molar-refractivity contribution in [2.45, 2.75) is 0 Å². The largest absolute Gasteiger partial charge is 0.452 e. The first-order chi connectivity index (χ1) is 24.3. The van der Waals surface area contributed by atoms with Crippen molar-refractivity contribution in [3.63, 3.8) is 0 Å². The van der Waals surface area contributed by atoms with E-state index >= 15 is 0 Å². The van der Waals surface area contributed by atoms with Crippen LogP contribution in [-0.2, 0) is 0 Å². The van der Waals surface area contributed by atoms with Crippen LogP contribution in [0.25, 0.3) is 94.2 Å². The van der Waals surface area contributed by atoms with Crippen LogP contribution in [0.2, 0.25) is 0 Å². The van der Waals surface area contributed by atoms with Crippen LogP contribution >= 0.6 is 0 Å². The fourth-order valence-electron chi connectivity index (χ4n) is 6.94. The maximum atomic E-state index is 6.37. The number of fused-ring (bicyclic) bond motifs is 8. The van der Waals surface area contributed by atoms with E-state index < -0.39 is 0 Å². The molecule has 0 N–H and O–H groups in total. The first-order valence-corrected chi connectivity index (χ1v) is 16.3. The summed E-state index contributed by atoms with van der Waals surface area (Å²) in [5.74, 6) is 0.933. The monoisotopic (exact) mass is 630 g/mol. The minimum Gasteiger partial charge on any atom is -0.452 e. The SMILES string of the molecule is C=C.c1ccc(-c2nc3ccccc3n2-c2cccc(-c3ccc(-c4ccc5oc6c(ccc7c8ccccc8oc76)c5c4)cc3)c2)cc1. The first-order valence-electron chi connectivity index (χ1n) is 16.3. The molecule has 0 saturated carbocycles. The normalized spacial score (nSPS) is 11.4. The fourth-order valence-corrected chi connectivity index (χ4v) is 6.94. The van der Waals surface area contributed by atoms with Crippen LogP contribution in [0.3, 0.4) is 0 Å². The molecular weight excluding hydrogens is 601 g/mol. The van der Waals surface area contributed by atoms with Crippen LogP contribution in [0, 0.1) is 0 Å². The zero-order valence-corrected chi connectivity index (χ0v) is 26.6. The summed E-state index contributed by atoms with van der Waals surface area (Å²) in [7, 11) is 0. The molecule has 3 heterocycles. The van der Waals surface area contributed by atoms with E-state index in [4.69, 9.17) is 13.8 Å². The van der Waals surface area contributed by atoms with E-state index in [0.717, 1.165) is 94.2 Å². The van der Waals surface area contributed by atoms with Gasteiger partial charge in [0.05, 0.1) is 11.0 Å². The Bertz CT molecular complexity index is 2800. The van der Waals surface area contributed by atoms with Gasteiger partial charge in [-0.3, -0.25) is 4.57 Å². The number of nitrogens with zero attached hydrogens (tertiary/aromatic N) is 2. The summed E-state index contributed by atoms with van der Waals surface area (Å²) in [6.45, 7) is 6.00. The van der Waals surface area contributed by atoms with Gasteiger partial charge in [-0.15, -0.1) is 13.2 Å². The number of furan rings is 2. The zero-order valence-electron chi connectivity index (χ0n) is 26.6. The molecule has 0 atom stereocenters. The standard InChI is InChI=1S/C43H26N2O2.C2H4/c1-2-9-29(10-3-1)43-44-37-14-5-6-15-38(37)45(43)32-12-8-11-30(25-32)27-17-19-28(20-18-27)31-21-24-40-36(26-31)35-23-22-34-33-13-4-7-16-39(33)46-41(34)42(35)47-40;1-2/h1-26H;1-2H2. The molecule has 0 radical (unpaired) electrons. The number of aromatic nitrogens is 2. The van der Waals surface area contributed by atoms with E-state index in [2.05, 4.69) is 145 Å². The number of rotatable bonds is 4. The molecule has 3 aromatic heterocycles. The predicted octanol–water partition coefficient (Wildman–Crippen LogP) is 12.6. The summed E-state index contributed by atoms with van der Waals surface area (Å²) in [5.41, 5.74) is 12.1. The van der Waals surface area contributed by atoms with Gasteiger partial charge in [-0.1, -0.05) is 103 Å². The molecule has 7 aromatic carbocycles. The van der Waals surface area contributed by atoms with Crippen LogP contribution in [0.4, 0.5) is 0 Å². The maximum absolute atomic E-state index is 6.37. The van der Waals surface area contributed by atoms with Gasteiger partial charge in [0.25, 0.3) is 0 Å². The number of hydrogen-bond donors (Lipinski definition) is 0. The van der Waals surface area contributed by atoms with Crippen molar-refractivity contribution < 1.29 is 8.83 Å². The Morgan fingerprint density at radius 3 is 1.80 bits per heavy atom. The van der Waals surface area contributed by atoms with Crippen LogP contribution in [0.15, 0.2) is 180 Å². The third-order valence-corrected chi connectivity index (χ3v) is 9.23. The third-order valence-electron chi connectivity index (χ3n) is 9.23. The molecule has 10 aromatic rings. The lowest BCUT2D eigenvalue weighted by Gasteiger charge is -2.12. The molecule has 0 bridgehead atoms. The number of hydrogen-bond acceptors (Lipinski definition) is 3. The Hall–Kier alpha value is -6.65. The molecule has 0 unspecified atom stereocenters. The van der Waals surface area contributed by atoms with Crippen molar-refractivity contribution >= 4 is 54.9 Å². The molecule has 0 saturated heterocycles. The highest BCUT2D eigenvalue weighted by molar-refractivity contribution is 6.19. The van der Waals surface area contributed by atoms with E-state index in [1.807, 2.05) is 30.3 Å². The average Bonchev–Trinajstić information content (AvgIpc) is 3.87. The Balaban J connectivity index is 0.00000160. The molecule has 4 heteroatoms. The Morgan fingerprint density at radius 1 is 0.429 bits per heavy atom. The summed E-state index contributed by atoms with van der Waals surface area (Å²) in [6, 6.07) is 55.0. The zero-order chi connectivity index (χ0) is 32.9. The highest BCUT2D eigenvalue weighted by Gasteiger charge is 2.17.